The third-order valence-electron chi connectivity index (χ3n) is 10.2. The van der Waals surface area contributed by atoms with Crippen molar-refractivity contribution >= 4 is 0 Å². The van der Waals surface area contributed by atoms with Gasteiger partial charge in [0.2, 0.25) is 5.82 Å². The molecule has 1 aromatic carbocycles. The highest BCUT2D eigenvalue weighted by Crippen LogP contribution is 2.43. The highest BCUT2D eigenvalue weighted by Gasteiger charge is 2.31. The maximum Gasteiger partial charge on any atom is 0.200 e. The molecule has 36 heavy (non-hydrogen) atoms. The lowest BCUT2D eigenvalue weighted by atomic mass is 9.68. The Morgan fingerprint density at radius 2 is 1.08 bits per heavy atom. The molecule has 0 saturated heterocycles. The van der Waals surface area contributed by atoms with Crippen LogP contribution in [-0.2, 0) is 6.42 Å². The lowest BCUT2D eigenvalue weighted by Gasteiger charge is -2.38. The molecule has 0 radical (unpaired) electrons. The molecule has 3 saturated carbocycles. The highest BCUT2D eigenvalue weighted by atomic mass is 19.2. The Morgan fingerprint density at radius 1 is 0.611 bits per heavy atom. The first-order chi connectivity index (χ1) is 17.6. The minimum atomic E-state index is -0.783. The van der Waals surface area contributed by atoms with Gasteiger partial charge in [0.05, 0.1) is 6.61 Å². The Kier molecular flexibility index (Phi) is 11.0. The van der Waals surface area contributed by atoms with Crippen LogP contribution in [0.15, 0.2) is 12.1 Å². The molecular formula is C33H52F2O. The third-order valence-corrected chi connectivity index (χ3v) is 10.2. The average Bonchev–Trinajstić information content (AvgIpc) is 2.91. The van der Waals surface area contributed by atoms with Gasteiger partial charge in [0.15, 0.2) is 11.6 Å². The molecule has 0 unspecified atom stereocenters. The van der Waals surface area contributed by atoms with Crippen molar-refractivity contribution in [3.8, 4) is 5.75 Å². The molecule has 0 aliphatic heterocycles. The van der Waals surface area contributed by atoms with Crippen molar-refractivity contribution in [2.45, 2.75) is 129 Å². The van der Waals surface area contributed by atoms with Crippen molar-refractivity contribution in [3.05, 3.63) is 29.3 Å². The zero-order chi connectivity index (χ0) is 25.3. The van der Waals surface area contributed by atoms with Crippen molar-refractivity contribution in [1.82, 2.24) is 0 Å². The lowest BCUT2D eigenvalue weighted by molar-refractivity contribution is 0.141. The second-order valence-corrected chi connectivity index (χ2v) is 12.7. The van der Waals surface area contributed by atoms with Gasteiger partial charge in [-0.2, -0.15) is 4.39 Å². The molecule has 0 N–H and O–H groups in total. The number of rotatable bonds is 11. The zero-order valence-electron chi connectivity index (χ0n) is 23.2. The number of halogens is 2. The van der Waals surface area contributed by atoms with E-state index in [2.05, 4.69) is 13.8 Å². The number of ether oxygens (including phenoxy) is 1. The summed E-state index contributed by atoms with van der Waals surface area (Å²) in [6.07, 6.45) is 22.8. The minimum Gasteiger partial charge on any atom is -0.490 e. The summed E-state index contributed by atoms with van der Waals surface area (Å²) in [5, 5.41) is 0. The molecule has 1 aromatic rings. The van der Waals surface area contributed by atoms with E-state index in [-0.39, 0.29) is 5.75 Å². The molecule has 1 nitrogen and oxygen atoms in total. The topological polar surface area (TPSA) is 9.23 Å². The molecule has 0 heterocycles. The summed E-state index contributed by atoms with van der Waals surface area (Å²) in [6.45, 7) is 5.08. The number of aryl methyl sites for hydroxylation is 1. The van der Waals surface area contributed by atoms with Crippen molar-refractivity contribution in [3.63, 3.8) is 0 Å². The van der Waals surface area contributed by atoms with E-state index in [1.165, 1.54) is 89.9 Å². The summed E-state index contributed by atoms with van der Waals surface area (Å²) in [5.74, 6) is 3.47. The standard InChI is InChI=1S/C33H52F2O/c1-3-5-24-7-9-27(10-8-24)23-36-31-22-21-30(32(34)33(31)35)20-15-26-13-18-29(19-14-26)28-16-11-25(6-4-2)12-17-28/h21-22,24-29H,3-20,23H2,1-2H3. The van der Waals surface area contributed by atoms with Crippen LogP contribution in [0.3, 0.4) is 0 Å². The first kappa shape index (κ1) is 27.9. The molecule has 0 atom stereocenters. The Hall–Kier alpha value is -1.12. The van der Waals surface area contributed by atoms with Crippen LogP contribution >= 0.6 is 0 Å². The third kappa shape index (κ3) is 7.70. The predicted octanol–water partition coefficient (Wildman–Crippen LogP) is 10.3. The summed E-state index contributed by atoms with van der Waals surface area (Å²) in [6, 6.07) is 3.44. The van der Waals surface area contributed by atoms with Crippen LogP contribution in [-0.4, -0.2) is 6.61 Å². The van der Waals surface area contributed by atoms with Gasteiger partial charge in [-0.1, -0.05) is 84.1 Å². The maximum absolute atomic E-state index is 14.9. The lowest BCUT2D eigenvalue weighted by Crippen LogP contribution is -2.26. The van der Waals surface area contributed by atoms with Crippen LogP contribution < -0.4 is 4.74 Å². The van der Waals surface area contributed by atoms with E-state index in [0.717, 1.165) is 42.9 Å². The van der Waals surface area contributed by atoms with Crippen LogP contribution in [0.4, 0.5) is 8.78 Å². The van der Waals surface area contributed by atoms with Crippen LogP contribution in [0.2, 0.25) is 0 Å². The molecule has 3 aliphatic rings. The summed E-state index contributed by atoms with van der Waals surface area (Å²) in [7, 11) is 0. The van der Waals surface area contributed by atoms with Crippen molar-refractivity contribution in [1.29, 1.82) is 0 Å². The fraction of sp³-hybridized carbons (Fsp3) is 0.818. The van der Waals surface area contributed by atoms with Gasteiger partial charge in [-0.05, 0) is 98.5 Å². The first-order valence-electron chi connectivity index (χ1n) is 15.7. The number of hydrogen-bond donors (Lipinski definition) is 0. The quantitative estimate of drug-likeness (QED) is 0.292. The minimum absolute atomic E-state index is 0.0982. The van der Waals surface area contributed by atoms with E-state index in [4.69, 9.17) is 4.74 Å². The Balaban J connectivity index is 1.17. The summed E-state index contributed by atoms with van der Waals surface area (Å²) in [5.41, 5.74) is 0.524. The smallest absolute Gasteiger partial charge is 0.200 e. The summed E-state index contributed by atoms with van der Waals surface area (Å²) >= 11 is 0. The molecule has 0 spiro atoms. The van der Waals surface area contributed by atoms with E-state index in [1.807, 2.05) is 0 Å². The Labute approximate surface area is 220 Å². The van der Waals surface area contributed by atoms with Crippen LogP contribution in [0.25, 0.3) is 0 Å². The molecule has 3 heteroatoms. The molecule has 0 bridgehead atoms. The predicted molar refractivity (Wildman–Crippen MR) is 146 cm³/mol. The highest BCUT2D eigenvalue weighted by molar-refractivity contribution is 5.31. The van der Waals surface area contributed by atoms with E-state index in [1.54, 1.807) is 12.1 Å². The number of hydrogen-bond acceptors (Lipinski definition) is 1. The van der Waals surface area contributed by atoms with Gasteiger partial charge in [-0.25, -0.2) is 4.39 Å². The van der Waals surface area contributed by atoms with Gasteiger partial charge in [0.25, 0.3) is 0 Å². The van der Waals surface area contributed by atoms with Gasteiger partial charge < -0.3 is 4.74 Å². The van der Waals surface area contributed by atoms with E-state index < -0.39 is 11.6 Å². The van der Waals surface area contributed by atoms with Crippen molar-refractivity contribution in [2.75, 3.05) is 6.61 Å². The second-order valence-electron chi connectivity index (χ2n) is 12.7. The zero-order valence-corrected chi connectivity index (χ0v) is 23.2. The first-order valence-corrected chi connectivity index (χ1v) is 15.7. The van der Waals surface area contributed by atoms with E-state index in [9.17, 15) is 8.78 Å². The molecule has 0 aromatic heterocycles. The molecule has 3 aliphatic carbocycles. The Morgan fingerprint density at radius 3 is 1.61 bits per heavy atom. The fourth-order valence-electron chi connectivity index (χ4n) is 7.84. The van der Waals surface area contributed by atoms with Gasteiger partial charge in [-0.3, -0.25) is 0 Å². The maximum atomic E-state index is 14.9. The van der Waals surface area contributed by atoms with Crippen molar-refractivity contribution < 1.29 is 13.5 Å². The molecule has 204 valence electrons. The van der Waals surface area contributed by atoms with Gasteiger partial charge in [-0.15, -0.1) is 0 Å². The number of benzene rings is 1. The SMILES string of the molecule is CCCC1CCC(COc2ccc(CCC3CCC(C4CCC(CCC)CC4)CC3)c(F)c2F)CC1. The van der Waals surface area contributed by atoms with Crippen LogP contribution in [0, 0.1) is 47.1 Å². The van der Waals surface area contributed by atoms with Gasteiger partial charge in [0.1, 0.15) is 0 Å². The Bertz CT molecular complexity index is 768. The second kappa shape index (κ2) is 14.1. The molecular weight excluding hydrogens is 450 g/mol. The fourth-order valence-corrected chi connectivity index (χ4v) is 7.84. The van der Waals surface area contributed by atoms with Crippen LogP contribution in [0.5, 0.6) is 5.75 Å². The largest absolute Gasteiger partial charge is 0.490 e. The normalized spacial score (nSPS) is 31.3. The molecule has 0 amide bonds. The van der Waals surface area contributed by atoms with E-state index >= 15 is 0 Å². The summed E-state index contributed by atoms with van der Waals surface area (Å²) in [4.78, 5) is 0. The van der Waals surface area contributed by atoms with E-state index in [0.29, 0.717) is 30.4 Å². The van der Waals surface area contributed by atoms with Crippen molar-refractivity contribution in [2.24, 2.45) is 35.5 Å². The monoisotopic (exact) mass is 502 g/mol. The van der Waals surface area contributed by atoms with Gasteiger partial charge >= 0.3 is 0 Å². The van der Waals surface area contributed by atoms with Crippen LogP contribution in [0.1, 0.15) is 129 Å². The van der Waals surface area contributed by atoms with Gasteiger partial charge in [0, 0.05) is 0 Å². The molecule has 4 rings (SSSR count). The molecule has 3 fully saturated rings. The average molecular weight is 503 g/mol. The summed E-state index contributed by atoms with van der Waals surface area (Å²) < 4.78 is 35.4.